The lowest BCUT2D eigenvalue weighted by Gasteiger charge is -2.05. The van der Waals surface area contributed by atoms with Crippen LogP contribution in [-0.4, -0.2) is 19.2 Å². The summed E-state index contributed by atoms with van der Waals surface area (Å²) in [5.74, 6) is 0. The van der Waals surface area contributed by atoms with Gasteiger partial charge in [0, 0.05) is 24.5 Å². The molecule has 4 heteroatoms. The summed E-state index contributed by atoms with van der Waals surface area (Å²) in [6.07, 6.45) is 3.96. The van der Waals surface area contributed by atoms with E-state index in [0.717, 1.165) is 22.6 Å². The summed E-state index contributed by atoms with van der Waals surface area (Å²) in [6.45, 7) is 6.23. The number of hydrogen-bond acceptors (Lipinski definition) is 2. The Morgan fingerprint density at radius 2 is 1.89 bits per heavy atom. The molecule has 0 aliphatic rings. The van der Waals surface area contributed by atoms with Crippen LogP contribution < -0.4 is 0 Å². The third-order valence-electron chi connectivity index (χ3n) is 3.22. The fourth-order valence-electron chi connectivity index (χ4n) is 2.52. The summed E-state index contributed by atoms with van der Waals surface area (Å²) in [6, 6.07) is 4.27. The molecule has 3 aromatic rings. The van der Waals surface area contributed by atoms with Crippen molar-refractivity contribution in [1.82, 2.24) is 19.2 Å². The minimum Gasteiger partial charge on any atom is -0.297 e. The van der Waals surface area contributed by atoms with E-state index in [-0.39, 0.29) is 0 Å². The molecule has 18 heavy (non-hydrogen) atoms. The van der Waals surface area contributed by atoms with E-state index in [1.807, 2.05) is 31.0 Å². The van der Waals surface area contributed by atoms with Gasteiger partial charge in [-0.3, -0.25) is 9.08 Å². The third kappa shape index (κ3) is 1.53. The van der Waals surface area contributed by atoms with Crippen molar-refractivity contribution in [2.24, 2.45) is 7.05 Å². The fraction of sp³-hybridized carbons (Fsp3) is 0.286. The summed E-state index contributed by atoms with van der Waals surface area (Å²) in [5, 5.41) is 4.40. The van der Waals surface area contributed by atoms with Crippen LogP contribution >= 0.6 is 0 Å². The molecule has 0 aromatic carbocycles. The second-order valence-corrected chi connectivity index (χ2v) is 4.81. The van der Waals surface area contributed by atoms with Crippen LogP contribution in [0.15, 0.2) is 24.5 Å². The highest BCUT2D eigenvalue weighted by Gasteiger charge is 2.12. The first-order valence-electron chi connectivity index (χ1n) is 6.01. The Kier molecular flexibility index (Phi) is 2.26. The molecule has 0 amide bonds. The fourth-order valence-corrected chi connectivity index (χ4v) is 2.52. The molecule has 0 N–H and O–H groups in total. The van der Waals surface area contributed by atoms with E-state index in [4.69, 9.17) is 0 Å². The van der Waals surface area contributed by atoms with Gasteiger partial charge in [0.15, 0.2) is 0 Å². The number of imidazole rings is 1. The third-order valence-corrected chi connectivity index (χ3v) is 3.22. The molecule has 0 aliphatic heterocycles. The first-order chi connectivity index (χ1) is 8.56. The van der Waals surface area contributed by atoms with E-state index in [0.29, 0.717) is 0 Å². The van der Waals surface area contributed by atoms with E-state index in [9.17, 15) is 0 Å². The Bertz CT molecular complexity index is 734. The molecular weight excluding hydrogens is 224 g/mol. The zero-order valence-corrected chi connectivity index (χ0v) is 11.1. The average molecular weight is 240 g/mol. The van der Waals surface area contributed by atoms with Crippen molar-refractivity contribution in [3.63, 3.8) is 0 Å². The molecule has 3 aromatic heterocycles. The SMILES string of the molecule is Cc1cc(C)n2c(-c3cn(C)nc3C)cnc2c1. The minimum atomic E-state index is 0.991. The first kappa shape index (κ1) is 11.0. The van der Waals surface area contributed by atoms with E-state index in [1.165, 1.54) is 11.3 Å². The molecule has 92 valence electrons. The number of pyridine rings is 1. The van der Waals surface area contributed by atoms with Crippen molar-refractivity contribution in [1.29, 1.82) is 0 Å². The summed E-state index contributed by atoms with van der Waals surface area (Å²) < 4.78 is 4.02. The second kappa shape index (κ2) is 3.70. The van der Waals surface area contributed by atoms with Gasteiger partial charge < -0.3 is 0 Å². The molecule has 4 nitrogen and oxygen atoms in total. The van der Waals surface area contributed by atoms with Crippen molar-refractivity contribution in [2.75, 3.05) is 0 Å². The van der Waals surface area contributed by atoms with Gasteiger partial charge in [-0.05, 0) is 38.5 Å². The highest BCUT2D eigenvalue weighted by molar-refractivity contribution is 5.66. The molecule has 0 unspecified atom stereocenters. The Morgan fingerprint density at radius 1 is 1.11 bits per heavy atom. The summed E-state index contributed by atoms with van der Waals surface area (Å²) >= 11 is 0. The molecule has 0 fully saturated rings. The lowest BCUT2D eigenvalue weighted by atomic mass is 10.2. The number of rotatable bonds is 1. The lowest BCUT2D eigenvalue weighted by molar-refractivity contribution is 0.756. The van der Waals surface area contributed by atoms with E-state index < -0.39 is 0 Å². The van der Waals surface area contributed by atoms with Crippen molar-refractivity contribution in [2.45, 2.75) is 20.8 Å². The van der Waals surface area contributed by atoms with Crippen LogP contribution in [0.1, 0.15) is 17.0 Å². The lowest BCUT2D eigenvalue weighted by Crippen LogP contribution is -1.95. The number of aryl methyl sites for hydroxylation is 4. The monoisotopic (exact) mass is 240 g/mol. The van der Waals surface area contributed by atoms with Gasteiger partial charge in [0.25, 0.3) is 0 Å². The predicted molar refractivity (Wildman–Crippen MR) is 71.6 cm³/mol. The minimum absolute atomic E-state index is 0.991. The van der Waals surface area contributed by atoms with Crippen molar-refractivity contribution >= 4 is 5.65 Å². The van der Waals surface area contributed by atoms with Crippen molar-refractivity contribution < 1.29 is 0 Å². The molecule has 0 saturated carbocycles. The molecule has 3 rings (SSSR count). The van der Waals surface area contributed by atoms with Gasteiger partial charge >= 0.3 is 0 Å². The van der Waals surface area contributed by atoms with Crippen LogP contribution in [0.5, 0.6) is 0 Å². The summed E-state index contributed by atoms with van der Waals surface area (Å²) in [7, 11) is 1.94. The van der Waals surface area contributed by atoms with Crippen molar-refractivity contribution in [3.8, 4) is 11.3 Å². The molecule has 3 heterocycles. The standard InChI is InChI=1S/C14H16N4/c1-9-5-10(2)18-13(7-15-14(18)6-9)12-8-17(4)16-11(12)3/h5-8H,1-4H3. The Morgan fingerprint density at radius 3 is 2.56 bits per heavy atom. The smallest absolute Gasteiger partial charge is 0.137 e. The van der Waals surface area contributed by atoms with E-state index in [1.54, 1.807) is 0 Å². The van der Waals surface area contributed by atoms with Gasteiger partial charge in [0.1, 0.15) is 5.65 Å². The van der Waals surface area contributed by atoms with E-state index in [2.05, 4.69) is 40.5 Å². The second-order valence-electron chi connectivity index (χ2n) is 4.81. The van der Waals surface area contributed by atoms with E-state index >= 15 is 0 Å². The highest BCUT2D eigenvalue weighted by Crippen LogP contribution is 2.25. The molecular formula is C14H16N4. The number of nitrogens with zero attached hydrogens (tertiary/aromatic N) is 4. The highest BCUT2D eigenvalue weighted by atomic mass is 15.3. The maximum absolute atomic E-state index is 4.49. The average Bonchev–Trinajstić information content (AvgIpc) is 2.81. The first-order valence-corrected chi connectivity index (χ1v) is 6.01. The summed E-state index contributed by atoms with van der Waals surface area (Å²) in [5.41, 5.74) is 6.69. The van der Waals surface area contributed by atoms with Gasteiger partial charge in [-0.15, -0.1) is 0 Å². The number of fused-ring (bicyclic) bond motifs is 1. The largest absolute Gasteiger partial charge is 0.297 e. The Hall–Kier alpha value is -2.10. The van der Waals surface area contributed by atoms with Gasteiger partial charge in [-0.25, -0.2) is 4.98 Å². The molecule has 0 bridgehead atoms. The van der Waals surface area contributed by atoms with Gasteiger partial charge in [-0.1, -0.05) is 0 Å². The van der Waals surface area contributed by atoms with Gasteiger partial charge in [0.05, 0.1) is 17.6 Å². The Balaban J connectivity index is 2.34. The quantitative estimate of drug-likeness (QED) is 0.655. The van der Waals surface area contributed by atoms with Gasteiger partial charge in [-0.2, -0.15) is 5.10 Å². The van der Waals surface area contributed by atoms with Crippen LogP contribution in [0, 0.1) is 20.8 Å². The molecule has 0 aliphatic carbocycles. The Labute approximate surface area is 106 Å². The normalized spacial score (nSPS) is 11.3. The molecule has 0 saturated heterocycles. The van der Waals surface area contributed by atoms with Crippen LogP contribution in [0.3, 0.4) is 0 Å². The van der Waals surface area contributed by atoms with Gasteiger partial charge in [0.2, 0.25) is 0 Å². The zero-order valence-electron chi connectivity index (χ0n) is 11.1. The number of hydrogen-bond donors (Lipinski definition) is 0. The zero-order chi connectivity index (χ0) is 12.9. The maximum Gasteiger partial charge on any atom is 0.137 e. The molecule has 0 radical (unpaired) electrons. The summed E-state index contributed by atoms with van der Waals surface area (Å²) in [4.78, 5) is 4.49. The van der Waals surface area contributed by atoms with Crippen molar-refractivity contribution in [3.05, 3.63) is 41.5 Å². The topological polar surface area (TPSA) is 35.1 Å². The van der Waals surface area contributed by atoms with Crippen LogP contribution in [-0.2, 0) is 7.05 Å². The van der Waals surface area contributed by atoms with Crippen LogP contribution in [0.4, 0.5) is 0 Å². The number of aromatic nitrogens is 4. The molecule has 0 atom stereocenters. The predicted octanol–water partition coefficient (Wildman–Crippen LogP) is 2.66. The molecule has 0 spiro atoms. The van der Waals surface area contributed by atoms with Crippen LogP contribution in [0.2, 0.25) is 0 Å². The van der Waals surface area contributed by atoms with Crippen LogP contribution in [0.25, 0.3) is 16.9 Å². The maximum atomic E-state index is 4.49.